The van der Waals surface area contributed by atoms with Crippen molar-refractivity contribution in [2.24, 2.45) is 5.64 Å². The van der Waals surface area contributed by atoms with Crippen LogP contribution < -0.4 is 5.64 Å². The fraction of sp³-hybridized carbons (Fsp3) is 0.500. The van der Waals surface area contributed by atoms with Gasteiger partial charge in [-0.15, -0.1) is 0 Å². The summed E-state index contributed by atoms with van der Waals surface area (Å²) in [4.78, 5) is 0. The van der Waals surface area contributed by atoms with Crippen LogP contribution in [0.5, 0.6) is 0 Å². The van der Waals surface area contributed by atoms with Crippen LogP contribution in [0.3, 0.4) is 0 Å². The second kappa shape index (κ2) is 6.84. The van der Waals surface area contributed by atoms with Gasteiger partial charge in [-0.05, 0) is 44.0 Å². The topological polar surface area (TPSA) is 44.5 Å². The molecule has 1 aromatic rings. The second-order valence-corrected chi connectivity index (χ2v) is 7.70. The van der Waals surface area contributed by atoms with E-state index in [0.717, 1.165) is 11.1 Å². The van der Waals surface area contributed by atoms with Gasteiger partial charge in [0.2, 0.25) is 0 Å². The predicted molar refractivity (Wildman–Crippen MR) is 79.9 cm³/mol. The maximum absolute atomic E-state index is 13.1. The van der Waals surface area contributed by atoms with Gasteiger partial charge in [0.1, 0.15) is 5.82 Å². The molecule has 0 radical (unpaired) electrons. The first-order valence-electron chi connectivity index (χ1n) is 5.71. The van der Waals surface area contributed by atoms with Crippen LogP contribution in [0.2, 0.25) is 0 Å². The van der Waals surface area contributed by atoms with Gasteiger partial charge >= 0.3 is 7.25 Å². The van der Waals surface area contributed by atoms with Gasteiger partial charge in [0.05, 0.1) is 6.61 Å². The van der Waals surface area contributed by atoms with Gasteiger partial charge in [-0.2, -0.15) is 0 Å². The summed E-state index contributed by atoms with van der Waals surface area (Å²) in [6, 6.07) is 4.59. The van der Waals surface area contributed by atoms with E-state index in [0.29, 0.717) is 6.61 Å². The van der Waals surface area contributed by atoms with E-state index in [1.165, 1.54) is 12.1 Å². The third kappa shape index (κ3) is 6.13. The van der Waals surface area contributed by atoms with E-state index in [2.05, 4.69) is 22.6 Å². The minimum Gasteiger partial charge on any atom is -0.396 e. The smallest absolute Gasteiger partial charge is 0.396 e. The van der Waals surface area contributed by atoms with Crippen molar-refractivity contribution in [2.75, 3.05) is 6.61 Å². The molecular weight excluding hydrogens is 347 g/mol. The number of hydrogen-bond acceptors (Lipinski definition) is 3. The highest BCUT2D eigenvalue weighted by molar-refractivity contribution is 14.1. The zero-order valence-electron chi connectivity index (χ0n) is 10.9. The van der Waals surface area contributed by atoms with Crippen molar-refractivity contribution >= 4 is 29.8 Å². The summed E-state index contributed by atoms with van der Waals surface area (Å²) >= 11 is 2.27. The predicted octanol–water partition coefficient (Wildman–Crippen LogP) is 2.82. The summed E-state index contributed by atoms with van der Waals surface area (Å²) in [5.74, 6) is -0.276. The molecule has 0 fully saturated rings. The first kappa shape index (κ1) is 15.9. The molecule has 1 aromatic carbocycles. The van der Waals surface area contributed by atoms with Crippen LogP contribution >= 0.6 is 22.6 Å². The van der Waals surface area contributed by atoms with Crippen molar-refractivity contribution in [3.05, 3.63) is 35.1 Å². The average Bonchev–Trinajstić information content (AvgIpc) is 2.26. The third-order valence-electron chi connectivity index (χ3n) is 2.31. The van der Waals surface area contributed by atoms with E-state index in [1.807, 2.05) is 20.8 Å². The quantitative estimate of drug-likeness (QED) is 0.479. The molecule has 0 aliphatic heterocycles. The summed E-state index contributed by atoms with van der Waals surface area (Å²) in [7, 11) is -0.790. The monoisotopic (exact) mass is 365 g/mol. The van der Waals surface area contributed by atoms with Gasteiger partial charge in [-0.25, -0.2) is 4.39 Å². The molecule has 2 N–H and O–H groups in total. The highest BCUT2D eigenvalue weighted by Crippen LogP contribution is 2.17. The molecule has 0 aromatic heterocycles. The lowest BCUT2D eigenvalue weighted by atomic mass is 10.1. The minimum absolute atomic E-state index is 0.00745. The van der Waals surface area contributed by atoms with Gasteiger partial charge in [-0.3, -0.25) is 0 Å². The van der Waals surface area contributed by atoms with Crippen LogP contribution in [0.15, 0.2) is 18.2 Å². The maximum Gasteiger partial charge on any atom is 0.552 e. The number of benzene rings is 1. The zero-order valence-corrected chi connectivity index (χ0v) is 13.0. The molecule has 0 saturated carbocycles. The molecule has 18 heavy (non-hydrogen) atoms. The summed E-state index contributed by atoms with van der Waals surface area (Å²) in [5.41, 5.74) is 7.43. The lowest BCUT2D eigenvalue weighted by molar-refractivity contribution is 0.181. The highest BCUT2D eigenvalue weighted by Gasteiger charge is 2.19. The van der Waals surface area contributed by atoms with E-state index in [-0.39, 0.29) is 15.8 Å². The number of alkyl halides is 1. The Morgan fingerprint density at radius 3 is 2.67 bits per heavy atom. The normalized spacial score (nSPS) is 11.7. The molecule has 1 rings (SSSR count). The average molecular weight is 365 g/mol. The Morgan fingerprint density at radius 2 is 2.06 bits per heavy atom. The largest absolute Gasteiger partial charge is 0.552 e. The van der Waals surface area contributed by atoms with E-state index in [9.17, 15) is 4.39 Å². The first-order chi connectivity index (χ1) is 8.28. The molecule has 0 atom stereocenters. The second-order valence-electron chi connectivity index (χ2n) is 4.78. The van der Waals surface area contributed by atoms with Crippen LogP contribution in [0.1, 0.15) is 25.0 Å². The molecule has 0 aliphatic carbocycles. The molecule has 3 nitrogen and oxygen atoms in total. The van der Waals surface area contributed by atoms with Gasteiger partial charge in [0.15, 0.2) is 0 Å². The molecule has 0 heterocycles. The highest BCUT2D eigenvalue weighted by atomic mass is 127. The van der Waals surface area contributed by atoms with Crippen molar-refractivity contribution in [2.45, 2.75) is 30.8 Å². The van der Waals surface area contributed by atoms with Crippen LogP contribution in [0.4, 0.5) is 4.39 Å². The lowest BCUT2D eigenvalue weighted by Crippen LogP contribution is -2.37. The summed E-state index contributed by atoms with van der Waals surface area (Å²) in [6.45, 7) is 6.72. The van der Waals surface area contributed by atoms with E-state index in [4.69, 9.17) is 15.0 Å². The number of rotatable bonds is 6. The Bertz CT molecular complexity index is 398. The molecule has 0 amide bonds. The first-order valence-corrected chi connectivity index (χ1v) is 6.78. The third-order valence-corrected chi connectivity index (χ3v) is 2.62. The Hall–Kier alpha value is -0.175. The Balaban J connectivity index is 2.42. The zero-order chi connectivity index (χ0) is 13.8. The standard InChI is InChI=1S/C12H18BFINO2/c1-9-4-5-11(14)6-10(9)7-17-13(16)18-8-12(2,3)15/h4-6H,7-8,16H2,1-3H3. The molecule has 100 valence electrons. The van der Waals surface area contributed by atoms with Crippen molar-refractivity contribution in [3.8, 4) is 0 Å². The van der Waals surface area contributed by atoms with Gasteiger partial charge < -0.3 is 15.0 Å². The minimum atomic E-state index is -0.790. The molecule has 0 spiro atoms. The van der Waals surface area contributed by atoms with Crippen molar-refractivity contribution in [1.29, 1.82) is 0 Å². The molecule has 0 aliphatic rings. The van der Waals surface area contributed by atoms with Gasteiger partial charge in [0, 0.05) is 10.0 Å². The van der Waals surface area contributed by atoms with Crippen molar-refractivity contribution in [1.82, 2.24) is 0 Å². The fourth-order valence-electron chi connectivity index (χ4n) is 1.30. The van der Waals surface area contributed by atoms with Crippen LogP contribution in [-0.4, -0.2) is 17.3 Å². The Kier molecular flexibility index (Phi) is 6.03. The number of aryl methyl sites for hydroxylation is 1. The van der Waals surface area contributed by atoms with Crippen molar-refractivity contribution < 1.29 is 13.7 Å². The van der Waals surface area contributed by atoms with E-state index in [1.54, 1.807) is 6.07 Å². The van der Waals surface area contributed by atoms with E-state index >= 15 is 0 Å². The van der Waals surface area contributed by atoms with Gasteiger partial charge in [-0.1, -0.05) is 28.7 Å². The SMILES string of the molecule is Cc1ccc(F)cc1COB(N)OCC(C)(C)I. The van der Waals surface area contributed by atoms with Crippen LogP contribution in [0, 0.1) is 12.7 Å². The van der Waals surface area contributed by atoms with Gasteiger partial charge in [0.25, 0.3) is 0 Å². The maximum atomic E-state index is 13.1. The Morgan fingerprint density at radius 1 is 1.39 bits per heavy atom. The summed E-state index contributed by atoms with van der Waals surface area (Å²) in [6.07, 6.45) is 0. The molecule has 0 saturated heterocycles. The van der Waals surface area contributed by atoms with Crippen LogP contribution in [-0.2, 0) is 15.9 Å². The van der Waals surface area contributed by atoms with Crippen LogP contribution in [0.25, 0.3) is 0 Å². The summed E-state index contributed by atoms with van der Waals surface area (Å²) in [5, 5.41) is 0. The fourth-order valence-corrected chi connectivity index (χ4v) is 1.48. The molecule has 6 heteroatoms. The van der Waals surface area contributed by atoms with E-state index < -0.39 is 7.25 Å². The number of hydrogen-bond donors (Lipinski definition) is 1. The molecule has 0 bridgehead atoms. The Labute approximate surface area is 122 Å². The molecule has 0 unspecified atom stereocenters. The summed E-state index contributed by atoms with van der Waals surface area (Å²) < 4.78 is 23.8. The van der Waals surface area contributed by atoms with Crippen molar-refractivity contribution in [3.63, 3.8) is 0 Å². The lowest BCUT2D eigenvalue weighted by Gasteiger charge is -2.18. The number of halogens is 2. The number of nitrogens with two attached hydrogens (primary N) is 1. The molecular formula is C12H18BFINO2.